The quantitative estimate of drug-likeness (QED) is 0.884. The monoisotopic (exact) mass is 360 g/mol. The van der Waals surface area contributed by atoms with Crippen molar-refractivity contribution in [1.29, 1.82) is 0 Å². The molecular formula is C18H24N4O2S. The Bertz CT molecular complexity index is 813. The van der Waals surface area contributed by atoms with Crippen LogP contribution < -0.4 is 9.62 Å². The molecule has 0 unspecified atom stereocenters. The predicted octanol–water partition coefficient (Wildman–Crippen LogP) is 2.08. The summed E-state index contributed by atoms with van der Waals surface area (Å²) in [6, 6.07) is 11.2. The van der Waals surface area contributed by atoms with Gasteiger partial charge in [0, 0.05) is 26.2 Å². The van der Waals surface area contributed by atoms with E-state index in [0.717, 1.165) is 43.1 Å². The minimum Gasteiger partial charge on any atom is -0.354 e. The van der Waals surface area contributed by atoms with Crippen molar-refractivity contribution in [3.8, 4) is 0 Å². The highest BCUT2D eigenvalue weighted by Gasteiger charge is 2.16. The van der Waals surface area contributed by atoms with Gasteiger partial charge in [0.1, 0.15) is 5.82 Å². The van der Waals surface area contributed by atoms with Crippen molar-refractivity contribution >= 4 is 21.5 Å². The first-order chi connectivity index (χ1) is 11.9. The Morgan fingerprint density at radius 1 is 1.12 bits per heavy atom. The van der Waals surface area contributed by atoms with Crippen molar-refractivity contribution in [2.24, 2.45) is 0 Å². The topological polar surface area (TPSA) is 65.5 Å². The molecule has 25 heavy (non-hydrogen) atoms. The fraction of sp³-hybridized carbons (Fsp3) is 0.389. The number of aryl methyl sites for hydroxylation is 1. The van der Waals surface area contributed by atoms with Crippen molar-refractivity contribution in [3.63, 3.8) is 0 Å². The zero-order valence-electron chi connectivity index (χ0n) is 14.6. The molecule has 1 aromatic carbocycles. The average molecular weight is 360 g/mol. The molecular weight excluding hydrogens is 336 g/mol. The van der Waals surface area contributed by atoms with Crippen LogP contribution >= 0.6 is 0 Å². The van der Waals surface area contributed by atoms with E-state index < -0.39 is 10.0 Å². The standard InChI is InChI=1S/C18H24N4O2S/c1-15-4-3-5-16(12-15)14-25(23,24)20-17-6-7-18(19-13-17)22-10-8-21(2)9-11-22/h3-7,12-13,20H,8-11,14H2,1-2H3. The molecule has 1 aromatic heterocycles. The van der Waals surface area contributed by atoms with Crippen LogP contribution in [0.1, 0.15) is 11.1 Å². The zero-order chi connectivity index (χ0) is 17.9. The lowest BCUT2D eigenvalue weighted by molar-refractivity contribution is 0.312. The van der Waals surface area contributed by atoms with E-state index in [1.807, 2.05) is 37.3 Å². The summed E-state index contributed by atoms with van der Waals surface area (Å²) in [4.78, 5) is 8.91. The summed E-state index contributed by atoms with van der Waals surface area (Å²) in [5.74, 6) is 0.837. The van der Waals surface area contributed by atoms with Gasteiger partial charge in [0.2, 0.25) is 10.0 Å². The van der Waals surface area contributed by atoms with Crippen molar-refractivity contribution in [2.45, 2.75) is 12.7 Å². The number of hydrogen-bond donors (Lipinski definition) is 1. The Balaban J connectivity index is 1.64. The van der Waals surface area contributed by atoms with Crippen LogP contribution in [0.2, 0.25) is 0 Å². The number of hydrogen-bond acceptors (Lipinski definition) is 5. The largest absolute Gasteiger partial charge is 0.354 e. The Hall–Kier alpha value is -2.12. The third-order valence-corrected chi connectivity index (χ3v) is 5.55. The van der Waals surface area contributed by atoms with Gasteiger partial charge >= 0.3 is 0 Å². The van der Waals surface area contributed by atoms with E-state index in [1.165, 1.54) is 0 Å². The molecule has 0 bridgehead atoms. The maximum absolute atomic E-state index is 12.3. The van der Waals surface area contributed by atoms with Gasteiger partial charge in [-0.15, -0.1) is 0 Å². The second kappa shape index (κ2) is 7.41. The minimum atomic E-state index is -3.46. The van der Waals surface area contributed by atoms with Crippen LogP contribution in [0.3, 0.4) is 0 Å². The van der Waals surface area contributed by atoms with Gasteiger partial charge in [0.25, 0.3) is 0 Å². The Morgan fingerprint density at radius 2 is 1.88 bits per heavy atom. The lowest BCUT2D eigenvalue weighted by Gasteiger charge is -2.33. The van der Waals surface area contributed by atoms with Gasteiger partial charge in [-0.3, -0.25) is 4.72 Å². The van der Waals surface area contributed by atoms with Gasteiger partial charge in [-0.1, -0.05) is 29.8 Å². The average Bonchev–Trinajstić information content (AvgIpc) is 2.55. The molecule has 1 N–H and O–H groups in total. The number of likely N-dealkylation sites (N-methyl/N-ethyl adjacent to an activating group) is 1. The molecule has 1 aliphatic rings. The smallest absolute Gasteiger partial charge is 0.236 e. The summed E-state index contributed by atoms with van der Waals surface area (Å²) in [6.45, 7) is 5.83. The first-order valence-corrected chi connectivity index (χ1v) is 10.0. The third kappa shape index (κ3) is 4.93. The lowest BCUT2D eigenvalue weighted by atomic mass is 10.2. The molecule has 0 radical (unpaired) electrons. The fourth-order valence-electron chi connectivity index (χ4n) is 2.91. The molecule has 0 aliphatic carbocycles. The zero-order valence-corrected chi connectivity index (χ0v) is 15.5. The number of benzene rings is 1. The number of aromatic nitrogens is 1. The summed E-state index contributed by atoms with van der Waals surface area (Å²) in [7, 11) is -1.35. The Morgan fingerprint density at radius 3 is 2.52 bits per heavy atom. The van der Waals surface area contributed by atoms with E-state index in [0.29, 0.717) is 5.69 Å². The number of nitrogens with zero attached hydrogens (tertiary/aromatic N) is 3. The van der Waals surface area contributed by atoms with Crippen LogP contribution in [-0.4, -0.2) is 51.5 Å². The molecule has 0 amide bonds. The molecule has 2 aromatic rings. The normalized spacial score (nSPS) is 16.0. The van der Waals surface area contributed by atoms with Crippen LogP contribution in [-0.2, 0) is 15.8 Å². The van der Waals surface area contributed by atoms with Gasteiger partial charge < -0.3 is 9.80 Å². The molecule has 134 valence electrons. The van der Waals surface area contributed by atoms with Crippen LogP contribution in [0.15, 0.2) is 42.6 Å². The molecule has 1 saturated heterocycles. The fourth-order valence-corrected chi connectivity index (χ4v) is 4.08. The second-order valence-electron chi connectivity index (χ2n) is 6.55. The van der Waals surface area contributed by atoms with Gasteiger partial charge in [0.15, 0.2) is 0 Å². The van der Waals surface area contributed by atoms with Crippen LogP contribution in [0.5, 0.6) is 0 Å². The molecule has 0 spiro atoms. The molecule has 1 fully saturated rings. The second-order valence-corrected chi connectivity index (χ2v) is 8.27. The number of anilines is 2. The van der Waals surface area contributed by atoms with Gasteiger partial charge in [-0.05, 0) is 31.7 Å². The van der Waals surface area contributed by atoms with Crippen molar-refractivity contribution in [3.05, 3.63) is 53.7 Å². The van der Waals surface area contributed by atoms with E-state index in [2.05, 4.69) is 26.6 Å². The summed E-state index contributed by atoms with van der Waals surface area (Å²) < 4.78 is 27.3. The highest BCUT2D eigenvalue weighted by Crippen LogP contribution is 2.18. The van der Waals surface area contributed by atoms with E-state index in [4.69, 9.17) is 0 Å². The molecule has 2 heterocycles. The molecule has 1 aliphatic heterocycles. The van der Waals surface area contributed by atoms with Crippen LogP contribution in [0.4, 0.5) is 11.5 Å². The molecule has 0 atom stereocenters. The minimum absolute atomic E-state index is 0.0467. The van der Waals surface area contributed by atoms with Gasteiger partial charge in [0.05, 0.1) is 17.6 Å². The maximum atomic E-state index is 12.3. The number of pyridine rings is 1. The van der Waals surface area contributed by atoms with Crippen LogP contribution in [0, 0.1) is 6.92 Å². The maximum Gasteiger partial charge on any atom is 0.236 e. The summed E-state index contributed by atoms with van der Waals surface area (Å²) in [5, 5.41) is 0. The SMILES string of the molecule is Cc1cccc(CS(=O)(=O)Nc2ccc(N3CCN(C)CC3)nc2)c1. The molecule has 6 nitrogen and oxygen atoms in total. The van der Waals surface area contributed by atoms with Gasteiger partial charge in [-0.25, -0.2) is 13.4 Å². The first kappa shape index (κ1) is 17.7. The molecule has 3 rings (SSSR count). The highest BCUT2D eigenvalue weighted by atomic mass is 32.2. The molecule has 7 heteroatoms. The van der Waals surface area contributed by atoms with E-state index in [9.17, 15) is 8.42 Å². The van der Waals surface area contributed by atoms with E-state index in [-0.39, 0.29) is 5.75 Å². The summed E-state index contributed by atoms with van der Waals surface area (Å²) in [5.41, 5.74) is 2.31. The third-order valence-electron chi connectivity index (χ3n) is 4.29. The summed E-state index contributed by atoms with van der Waals surface area (Å²) >= 11 is 0. The highest BCUT2D eigenvalue weighted by molar-refractivity contribution is 7.91. The summed E-state index contributed by atoms with van der Waals surface area (Å²) in [6.07, 6.45) is 1.58. The van der Waals surface area contributed by atoms with Crippen molar-refractivity contribution in [2.75, 3.05) is 42.8 Å². The number of piperazine rings is 1. The number of nitrogens with one attached hydrogen (secondary N) is 1. The molecule has 0 saturated carbocycles. The predicted molar refractivity (Wildman–Crippen MR) is 101 cm³/mol. The Kier molecular flexibility index (Phi) is 5.24. The first-order valence-electron chi connectivity index (χ1n) is 8.37. The van der Waals surface area contributed by atoms with Crippen LogP contribution in [0.25, 0.3) is 0 Å². The number of rotatable bonds is 5. The number of sulfonamides is 1. The van der Waals surface area contributed by atoms with E-state index in [1.54, 1.807) is 12.3 Å². The van der Waals surface area contributed by atoms with E-state index >= 15 is 0 Å². The lowest BCUT2D eigenvalue weighted by Crippen LogP contribution is -2.44. The Labute approximate surface area is 149 Å². The van der Waals surface area contributed by atoms with Crippen molar-refractivity contribution < 1.29 is 8.42 Å². The van der Waals surface area contributed by atoms with Gasteiger partial charge in [-0.2, -0.15) is 0 Å². The van der Waals surface area contributed by atoms with Crippen molar-refractivity contribution in [1.82, 2.24) is 9.88 Å².